The molecule has 3 amide bonds. The first-order valence-electron chi connectivity index (χ1n) is 7.31. The molecule has 1 N–H and O–H groups in total. The molecular formula is C15H18BrN3O4. The molecule has 0 spiro atoms. The van der Waals surface area contributed by atoms with Crippen molar-refractivity contribution in [1.29, 1.82) is 0 Å². The highest BCUT2D eigenvalue weighted by Crippen LogP contribution is 2.17. The number of hydrogen-bond acceptors (Lipinski definition) is 4. The Hall–Kier alpha value is -2.09. The van der Waals surface area contributed by atoms with E-state index >= 15 is 0 Å². The minimum absolute atomic E-state index is 0.219. The molecule has 0 radical (unpaired) electrons. The first-order chi connectivity index (χ1) is 11.0. The Morgan fingerprint density at radius 2 is 1.83 bits per heavy atom. The molecule has 1 fully saturated rings. The van der Waals surface area contributed by atoms with Gasteiger partial charge in [0.25, 0.3) is 5.91 Å². The van der Waals surface area contributed by atoms with Crippen LogP contribution in [0.25, 0.3) is 0 Å². The number of ether oxygens (including phenoxy) is 1. The molecule has 1 saturated heterocycles. The second-order valence-electron chi connectivity index (χ2n) is 4.88. The molecule has 0 saturated carbocycles. The van der Waals surface area contributed by atoms with Crippen molar-refractivity contribution in [1.82, 2.24) is 15.3 Å². The fourth-order valence-corrected chi connectivity index (χ4v) is 2.49. The van der Waals surface area contributed by atoms with Gasteiger partial charge in [0.1, 0.15) is 6.54 Å². The van der Waals surface area contributed by atoms with Crippen LogP contribution in [0.2, 0.25) is 0 Å². The minimum Gasteiger partial charge on any atom is -0.465 e. The van der Waals surface area contributed by atoms with Crippen LogP contribution < -0.4 is 5.32 Å². The normalized spacial score (nSPS) is 13.8. The Morgan fingerprint density at radius 1 is 1.17 bits per heavy atom. The zero-order valence-electron chi connectivity index (χ0n) is 12.8. The van der Waals surface area contributed by atoms with Crippen LogP contribution in [0.1, 0.15) is 23.7 Å². The topological polar surface area (TPSA) is 79.0 Å². The second kappa shape index (κ2) is 7.96. The van der Waals surface area contributed by atoms with E-state index in [1.807, 2.05) is 0 Å². The maximum Gasteiger partial charge on any atom is 0.336 e. The zero-order valence-corrected chi connectivity index (χ0v) is 14.3. The standard InChI is InChI=1S/C15H18BrN3O4/c1-2-23-13(20)10-17-15(22)19-9-3-8-18(19)14(21)11-4-6-12(16)7-5-11/h4-7H,2-3,8-10H2,1H3,(H,17,22). The lowest BCUT2D eigenvalue weighted by Gasteiger charge is -2.27. The third-order valence-corrected chi connectivity index (χ3v) is 3.81. The van der Waals surface area contributed by atoms with Crippen molar-refractivity contribution in [3.8, 4) is 0 Å². The lowest BCUT2D eigenvalue weighted by atomic mass is 10.2. The zero-order chi connectivity index (χ0) is 16.8. The van der Waals surface area contributed by atoms with Gasteiger partial charge in [-0.3, -0.25) is 9.59 Å². The molecule has 0 atom stereocenters. The van der Waals surface area contributed by atoms with E-state index in [1.165, 1.54) is 10.0 Å². The molecule has 0 unspecified atom stereocenters. The first kappa shape index (κ1) is 17.3. The summed E-state index contributed by atoms with van der Waals surface area (Å²) in [4.78, 5) is 36.0. The molecular weight excluding hydrogens is 366 g/mol. The average molecular weight is 384 g/mol. The van der Waals surface area contributed by atoms with Crippen molar-refractivity contribution in [2.24, 2.45) is 0 Å². The number of hydrogen-bond donors (Lipinski definition) is 1. The molecule has 1 aliphatic heterocycles. The molecule has 124 valence electrons. The Kier molecular flexibility index (Phi) is 5.97. The summed E-state index contributed by atoms with van der Waals surface area (Å²) < 4.78 is 5.63. The van der Waals surface area contributed by atoms with E-state index in [1.54, 1.807) is 31.2 Å². The molecule has 7 nitrogen and oxygen atoms in total. The van der Waals surface area contributed by atoms with Gasteiger partial charge in [-0.2, -0.15) is 0 Å². The molecule has 1 aromatic rings. The van der Waals surface area contributed by atoms with Gasteiger partial charge in [-0.1, -0.05) is 15.9 Å². The summed E-state index contributed by atoms with van der Waals surface area (Å²) in [6.45, 7) is 2.62. The fourth-order valence-electron chi connectivity index (χ4n) is 2.23. The van der Waals surface area contributed by atoms with Crippen LogP contribution in [-0.2, 0) is 9.53 Å². The van der Waals surface area contributed by atoms with Gasteiger partial charge < -0.3 is 10.1 Å². The minimum atomic E-state index is -0.508. The van der Waals surface area contributed by atoms with Gasteiger partial charge in [0, 0.05) is 23.1 Å². The van der Waals surface area contributed by atoms with Crippen LogP contribution in [0.4, 0.5) is 4.79 Å². The predicted octanol–water partition coefficient (Wildman–Crippen LogP) is 1.78. The molecule has 0 aliphatic carbocycles. The van der Waals surface area contributed by atoms with Gasteiger partial charge in [0.15, 0.2) is 0 Å². The van der Waals surface area contributed by atoms with Crippen molar-refractivity contribution < 1.29 is 19.1 Å². The molecule has 0 bridgehead atoms. The van der Waals surface area contributed by atoms with E-state index in [0.717, 1.165) is 4.47 Å². The highest BCUT2D eigenvalue weighted by molar-refractivity contribution is 9.10. The number of benzene rings is 1. The number of hydrazine groups is 1. The van der Waals surface area contributed by atoms with Gasteiger partial charge in [-0.25, -0.2) is 14.8 Å². The number of rotatable bonds is 4. The monoisotopic (exact) mass is 383 g/mol. The third-order valence-electron chi connectivity index (χ3n) is 3.28. The number of urea groups is 1. The second-order valence-corrected chi connectivity index (χ2v) is 5.79. The fraction of sp³-hybridized carbons (Fsp3) is 0.400. The molecule has 1 heterocycles. The summed E-state index contributed by atoms with van der Waals surface area (Å²) in [7, 11) is 0. The third kappa shape index (κ3) is 4.44. The van der Waals surface area contributed by atoms with Gasteiger partial charge >= 0.3 is 12.0 Å². The summed E-state index contributed by atoms with van der Waals surface area (Å²) in [5.74, 6) is -0.757. The largest absolute Gasteiger partial charge is 0.465 e. The van der Waals surface area contributed by atoms with Gasteiger partial charge in [0.2, 0.25) is 0 Å². The van der Waals surface area contributed by atoms with E-state index in [9.17, 15) is 14.4 Å². The summed E-state index contributed by atoms with van der Waals surface area (Å²) in [6.07, 6.45) is 0.690. The summed E-state index contributed by atoms with van der Waals surface area (Å²) >= 11 is 3.32. The van der Waals surface area contributed by atoms with Crippen LogP contribution >= 0.6 is 15.9 Å². The van der Waals surface area contributed by atoms with Crippen LogP contribution in [0.3, 0.4) is 0 Å². The smallest absolute Gasteiger partial charge is 0.336 e. The first-order valence-corrected chi connectivity index (χ1v) is 8.10. The van der Waals surface area contributed by atoms with E-state index in [2.05, 4.69) is 21.2 Å². The number of esters is 1. The Balaban J connectivity index is 1.99. The summed E-state index contributed by atoms with van der Waals surface area (Å²) in [6, 6.07) is 6.45. The summed E-state index contributed by atoms with van der Waals surface area (Å²) in [5, 5.41) is 5.18. The van der Waals surface area contributed by atoms with E-state index in [-0.39, 0.29) is 19.1 Å². The van der Waals surface area contributed by atoms with Crippen LogP contribution in [0, 0.1) is 0 Å². The number of halogens is 1. The van der Waals surface area contributed by atoms with Gasteiger partial charge in [-0.15, -0.1) is 0 Å². The number of amides is 3. The maximum absolute atomic E-state index is 12.5. The van der Waals surface area contributed by atoms with Gasteiger partial charge in [0.05, 0.1) is 6.61 Å². The van der Waals surface area contributed by atoms with Crippen molar-refractivity contribution in [3.63, 3.8) is 0 Å². The van der Waals surface area contributed by atoms with Crippen LogP contribution in [-0.4, -0.2) is 54.2 Å². The molecule has 0 aromatic heterocycles. The highest BCUT2D eigenvalue weighted by Gasteiger charge is 2.31. The van der Waals surface area contributed by atoms with Crippen LogP contribution in [0.5, 0.6) is 0 Å². The maximum atomic E-state index is 12.5. The molecule has 1 aliphatic rings. The van der Waals surface area contributed by atoms with Crippen molar-refractivity contribution >= 4 is 33.8 Å². The van der Waals surface area contributed by atoms with E-state index < -0.39 is 12.0 Å². The number of carbonyl (C=O) groups is 3. The molecule has 2 rings (SSSR count). The Bertz CT molecular complexity index is 591. The lowest BCUT2D eigenvalue weighted by molar-refractivity contribution is -0.141. The lowest BCUT2D eigenvalue weighted by Crippen LogP contribution is -2.50. The van der Waals surface area contributed by atoms with E-state index in [0.29, 0.717) is 25.1 Å². The van der Waals surface area contributed by atoms with Crippen molar-refractivity contribution in [2.75, 3.05) is 26.2 Å². The predicted molar refractivity (Wildman–Crippen MR) is 86.5 cm³/mol. The summed E-state index contributed by atoms with van der Waals surface area (Å²) in [5.41, 5.74) is 0.498. The van der Waals surface area contributed by atoms with Crippen molar-refractivity contribution in [3.05, 3.63) is 34.3 Å². The molecule has 1 aromatic carbocycles. The Labute approximate surface area is 142 Å². The van der Waals surface area contributed by atoms with Crippen LogP contribution in [0.15, 0.2) is 28.7 Å². The SMILES string of the molecule is CCOC(=O)CNC(=O)N1CCCN1C(=O)c1ccc(Br)cc1. The van der Waals surface area contributed by atoms with E-state index in [4.69, 9.17) is 4.74 Å². The average Bonchev–Trinajstić information content (AvgIpc) is 3.02. The Morgan fingerprint density at radius 3 is 2.48 bits per heavy atom. The number of nitrogens with one attached hydrogen (secondary N) is 1. The number of carbonyl (C=O) groups excluding carboxylic acids is 3. The molecule has 8 heteroatoms. The highest BCUT2D eigenvalue weighted by atomic mass is 79.9. The van der Waals surface area contributed by atoms with Crippen molar-refractivity contribution in [2.45, 2.75) is 13.3 Å². The number of nitrogens with zero attached hydrogens (tertiary/aromatic N) is 2. The molecule has 23 heavy (non-hydrogen) atoms. The van der Waals surface area contributed by atoms with Gasteiger partial charge in [-0.05, 0) is 37.6 Å². The quantitative estimate of drug-likeness (QED) is 0.803.